The summed E-state index contributed by atoms with van der Waals surface area (Å²) in [4.78, 5) is 0. The summed E-state index contributed by atoms with van der Waals surface area (Å²) in [5.74, 6) is -0.840. The van der Waals surface area contributed by atoms with Gasteiger partial charge in [-0.3, -0.25) is 0 Å². The predicted molar refractivity (Wildman–Crippen MR) is 82.4 cm³/mol. The van der Waals surface area contributed by atoms with E-state index in [1.807, 2.05) is 38.1 Å². The number of nitrogens with one attached hydrogen (secondary N) is 1. The summed E-state index contributed by atoms with van der Waals surface area (Å²) < 4.78 is 27.1. The highest BCUT2D eigenvalue weighted by atomic mass is 35.5. The molecule has 0 aliphatic rings. The van der Waals surface area contributed by atoms with Gasteiger partial charge in [-0.1, -0.05) is 30.7 Å². The minimum Gasteiger partial charge on any atom is -0.303 e. The molecule has 21 heavy (non-hydrogen) atoms. The fourth-order valence-corrected chi connectivity index (χ4v) is 2.61. The zero-order chi connectivity index (χ0) is 15.4. The molecule has 2 unspecified atom stereocenters. The van der Waals surface area contributed by atoms with Gasteiger partial charge in [-0.05, 0) is 49.2 Å². The first kappa shape index (κ1) is 15.9. The zero-order valence-electron chi connectivity index (χ0n) is 12.0. The van der Waals surface area contributed by atoms with Crippen molar-refractivity contribution < 1.29 is 8.78 Å². The molecule has 0 aliphatic heterocycles. The Hall–Kier alpha value is -1.45. The van der Waals surface area contributed by atoms with Crippen LogP contribution in [0, 0.1) is 11.6 Å². The van der Waals surface area contributed by atoms with Crippen LogP contribution in [0.5, 0.6) is 0 Å². The van der Waals surface area contributed by atoms with E-state index >= 15 is 0 Å². The molecule has 0 saturated heterocycles. The molecule has 0 aromatic heterocycles. The monoisotopic (exact) mass is 309 g/mol. The van der Waals surface area contributed by atoms with Gasteiger partial charge in [-0.25, -0.2) is 8.78 Å². The van der Waals surface area contributed by atoms with Crippen molar-refractivity contribution in [3.05, 3.63) is 70.2 Å². The minimum absolute atomic E-state index is 0.0290. The van der Waals surface area contributed by atoms with Crippen LogP contribution in [0.3, 0.4) is 0 Å². The first-order chi connectivity index (χ1) is 10.0. The molecule has 0 fully saturated rings. The van der Waals surface area contributed by atoms with E-state index in [2.05, 4.69) is 5.32 Å². The van der Waals surface area contributed by atoms with Crippen LogP contribution >= 0.6 is 11.6 Å². The number of benzene rings is 2. The normalized spacial score (nSPS) is 14.0. The van der Waals surface area contributed by atoms with E-state index in [1.54, 1.807) is 0 Å². The van der Waals surface area contributed by atoms with Crippen molar-refractivity contribution in [2.75, 3.05) is 0 Å². The molecule has 0 radical (unpaired) electrons. The average molecular weight is 310 g/mol. The van der Waals surface area contributed by atoms with Crippen LogP contribution in [0.2, 0.25) is 5.02 Å². The molecule has 0 spiro atoms. The SMILES string of the molecule is CCC(NC(C)c1cc(F)ccc1F)c1cccc(Cl)c1. The molecule has 0 saturated carbocycles. The van der Waals surface area contributed by atoms with Gasteiger partial charge in [0.1, 0.15) is 11.6 Å². The highest BCUT2D eigenvalue weighted by Gasteiger charge is 2.17. The molecular formula is C17H18ClF2N. The molecule has 0 aliphatic carbocycles. The zero-order valence-corrected chi connectivity index (χ0v) is 12.8. The van der Waals surface area contributed by atoms with Crippen molar-refractivity contribution in [1.82, 2.24) is 5.32 Å². The fraction of sp³-hybridized carbons (Fsp3) is 0.294. The number of hydrogen-bond acceptors (Lipinski definition) is 1. The van der Waals surface area contributed by atoms with Crippen molar-refractivity contribution in [2.45, 2.75) is 32.4 Å². The van der Waals surface area contributed by atoms with E-state index in [4.69, 9.17) is 11.6 Å². The maximum Gasteiger partial charge on any atom is 0.128 e. The topological polar surface area (TPSA) is 12.0 Å². The second-order valence-corrected chi connectivity index (χ2v) is 5.51. The maximum atomic E-state index is 13.8. The van der Waals surface area contributed by atoms with E-state index in [-0.39, 0.29) is 12.1 Å². The van der Waals surface area contributed by atoms with E-state index < -0.39 is 11.6 Å². The van der Waals surface area contributed by atoms with Crippen molar-refractivity contribution in [3.8, 4) is 0 Å². The lowest BCUT2D eigenvalue weighted by Crippen LogP contribution is -2.25. The lowest BCUT2D eigenvalue weighted by molar-refractivity contribution is 0.440. The molecule has 4 heteroatoms. The van der Waals surface area contributed by atoms with E-state index in [0.29, 0.717) is 10.6 Å². The van der Waals surface area contributed by atoms with Gasteiger partial charge in [0.15, 0.2) is 0 Å². The third-order valence-corrected chi connectivity index (χ3v) is 3.77. The maximum absolute atomic E-state index is 13.8. The molecule has 112 valence electrons. The highest BCUT2D eigenvalue weighted by molar-refractivity contribution is 6.30. The molecule has 2 aromatic rings. The van der Waals surface area contributed by atoms with Gasteiger partial charge in [0.25, 0.3) is 0 Å². The Morgan fingerprint density at radius 3 is 2.57 bits per heavy atom. The van der Waals surface area contributed by atoms with Gasteiger partial charge in [0, 0.05) is 22.7 Å². The molecular weight excluding hydrogens is 292 g/mol. The third kappa shape index (κ3) is 4.02. The summed E-state index contributed by atoms with van der Waals surface area (Å²) in [6.45, 7) is 3.86. The summed E-state index contributed by atoms with van der Waals surface area (Å²) in [5.41, 5.74) is 1.36. The molecule has 2 atom stereocenters. The molecule has 1 nitrogen and oxygen atoms in total. The van der Waals surface area contributed by atoms with Gasteiger partial charge in [-0.15, -0.1) is 0 Å². The Morgan fingerprint density at radius 2 is 1.90 bits per heavy atom. The summed E-state index contributed by atoms with van der Waals surface area (Å²) in [5, 5.41) is 3.99. The molecule has 2 rings (SSSR count). The van der Waals surface area contributed by atoms with Crippen molar-refractivity contribution in [2.24, 2.45) is 0 Å². The van der Waals surface area contributed by atoms with Crippen molar-refractivity contribution in [3.63, 3.8) is 0 Å². The minimum atomic E-state index is -0.434. The highest BCUT2D eigenvalue weighted by Crippen LogP contribution is 2.25. The van der Waals surface area contributed by atoms with Gasteiger partial charge in [0.2, 0.25) is 0 Å². The number of hydrogen-bond donors (Lipinski definition) is 1. The Bertz CT molecular complexity index is 615. The quantitative estimate of drug-likeness (QED) is 0.777. The average Bonchev–Trinajstić information content (AvgIpc) is 2.47. The van der Waals surface area contributed by atoms with Gasteiger partial charge < -0.3 is 5.32 Å². The first-order valence-corrected chi connectivity index (χ1v) is 7.35. The molecule has 0 heterocycles. The number of halogens is 3. The van der Waals surface area contributed by atoms with Crippen LogP contribution in [0.1, 0.15) is 43.5 Å². The third-order valence-electron chi connectivity index (χ3n) is 3.54. The van der Waals surface area contributed by atoms with Crippen LogP contribution in [0.15, 0.2) is 42.5 Å². The second kappa shape index (κ2) is 7.01. The lowest BCUT2D eigenvalue weighted by atomic mass is 10.0. The summed E-state index contributed by atoms with van der Waals surface area (Å²) >= 11 is 6.01. The Kier molecular flexibility index (Phi) is 5.32. The fourth-order valence-electron chi connectivity index (χ4n) is 2.41. The van der Waals surface area contributed by atoms with Gasteiger partial charge in [0.05, 0.1) is 0 Å². The smallest absolute Gasteiger partial charge is 0.128 e. The summed E-state index contributed by atoms with van der Waals surface area (Å²) in [6, 6.07) is 10.8. The largest absolute Gasteiger partial charge is 0.303 e. The van der Waals surface area contributed by atoms with Crippen LogP contribution in [-0.2, 0) is 0 Å². The molecule has 0 bridgehead atoms. The van der Waals surface area contributed by atoms with Gasteiger partial charge in [-0.2, -0.15) is 0 Å². The lowest BCUT2D eigenvalue weighted by Gasteiger charge is -2.23. The van der Waals surface area contributed by atoms with E-state index in [0.717, 1.165) is 24.1 Å². The summed E-state index contributed by atoms with van der Waals surface area (Å²) in [7, 11) is 0. The molecule has 1 N–H and O–H groups in total. The van der Waals surface area contributed by atoms with E-state index in [1.165, 1.54) is 6.07 Å². The second-order valence-electron chi connectivity index (χ2n) is 5.07. The standard InChI is InChI=1S/C17H18ClF2N/c1-3-17(12-5-4-6-13(18)9-12)21-11(2)15-10-14(19)7-8-16(15)20/h4-11,17,21H,3H2,1-2H3. The van der Waals surface area contributed by atoms with Crippen molar-refractivity contribution in [1.29, 1.82) is 0 Å². The Labute approximate surface area is 128 Å². The predicted octanol–water partition coefficient (Wildman–Crippen LogP) is 5.42. The van der Waals surface area contributed by atoms with Crippen molar-refractivity contribution >= 4 is 11.6 Å². The van der Waals surface area contributed by atoms with Gasteiger partial charge >= 0.3 is 0 Å². The van der Waals surface area contributed by atoms with Crippen LogP contribution < -0.4 is 5.32 Å². The van der Waals surface area contributed by atoms with Crippen LogP contribution in [0.4, 0.5) is 8.78 Å². The Balaban J connectivity index is 2.20. The molecule has 0 amide bonds. The summed E-state index contributed by atoms with van der Waals surface area (Å²) in [6.07, 6.45) is 0.821. The number of rotatable bonds is 5. The molecule has 2 aromatic carbocycles. The van der Waals surface area contributed by atoms with Crippen LogP contribution in [-0.4, -0.2) is 0 Å². The Morgan fingerprint density at radius 1 is 1.14 bits per heavy atom. The first-order valence-electron chi connectivity index (χ1n) is 6.97. The van der Waals surface area contributed by atoms with Crippen LogP contribution in [0.25, 0.3) is 0 Å². The van der Waals surface area contributed by atoms with E-state index in [9.17, 15) is 8.78 Å².